The number of rotatable bonds is 1. The Balaban J connectivity index is 1.85. The molecular formula is C12H13NO2. The molecule has 2 fully saturated rings. The number of benzene rings is 1. The Hall–Kier alpha value is -1.35. The Morgan fingerprint density at radius 2 is 2.00 bits per heavy atom. The molecule has 2 aliphatic rings. The van der Waals surface area contributed by atoms with E-state index in [4.69, 9.17) is 4.84 Å². The van der Waals surface area contributed by atoms with E-state index in [0.717, 1.165) is 0 Å². The lowest BCUT2D eigenvalue weighted by Gasteiger charge is -2.20. The maximum absolute atomic E-state index is 11.8. The third-order valence-electron chi connectivity index (χ3n) is 3.41. The summed E-state index contributed by atoms with van der Waals surface area (Å²) in [6.07, 6.45) is 0. The van der Waals surface area contributed by atoms with Crippen molar-refractivity contribution in [2.75, 3.05) is 13.7 Å². The molecule has 0 spiro atoms. The molecule has 1 saturated heterocycles. The summed E-state index contributed by atoms with van der Waals surface area (Å²) in [6, 6.07) is 10.2. The van der Waals surface area contributed by atoms with Crippen LogP contribution in [0.15, 0.2) is 30.3 Å². The summed E-state index contributed by atoms with van der Waals surface area (Å²) < 4.78 is 0. The number of hydrogen-bond donors (Lipinski definition) is 0. The second kappa shape index (κ2) is 3.07. The van der Waals surface area contributed by atoms with Gasteiger partial charge in [0.1, 0.15) is 0 Å². The van der Waals surface area contributed by atoms with Gasteiger partial charge >= 0.3 is 0 Å². The molecule has 78 valence electrons. The van der Waals surface area contributed by atoms with Crippen molar-refractivity contribution >= 4 is 5.91 Å². The summed E-state index contributed by atoms with van der Waals surface area (Å²) in [5, 5.41) is 1.38. The lowest BCUT2D eigenvalue weighted by Crippen LogP contribution is -2.33. The topological polar surface area (TPSA) is 29.5 Å². The Bertz CT molecular complexity index is 390. The van der Waals surface area contributed by atoms with Gasteiger partial charge in [0.25, 0.3) is 0 Å². The van der Waals surface area contributed by atoms with E-state index in [1.165, 1.54) is 10.6 Å². The summed E-state index contributed by atoms with van der Waals surface area (Å²) in [4.78, 5) is 17.0. The highest BCUT2D eigenvalue weighted by atomic mass is 16.7. The number of nitrogens with zero attached hydrogens (tertiary/aromatic N) is 1. The van der Waals surface area contributed by atoms with Crippen LogP contribution in [0.5, 0.6) is 0 Å². The zero-order chi connectivity index (χ0) is 10.4. The van der Waals surface area contributed by atoms with Crippen LogP contribution in [-0.4, -0.2) is 24.6 Å². The van der Waals surface area contributed by atoms with Crippen LogP contribution in [0.3, 0.4) is 0 Å². The summed E-state index contributed by atoms with van der Waals surface area (Å²) in [5.74, 6) is 1.06. The first kappa shape index (κ1) is 8.92. The number of amides is 1. The molecule has 1 amide bonds. The van der Waals surface area contributed by atoms with Gasteiger partial charge in [-0.1, -0.05) is 30.3 Å². The van der Waals surface area contributed by atoms with Gasteiger partial charge in [-0.15, -0.1) is 0 Å². The van der Waals surface area contributed by atoms with Crippen molar-refractivity contribution in [2.24, 2.45) is 11.8 Å². The Morgan fingerprint density at radius 3 is 2.73 bits per heavy atom. The van der Waals surface area contributed by atoms with Crippen LogP contribution in [-0.2, 0) is 9.63 Å². The van der Waals surface area contributed by atoms with Crippen molar-refractivity contribution in [3.8, 4) is 0 Å². The van der Waals surface area contributed by atoms with Crippen molar-refractivity contribution in [2.45, 2.75) is 5.92 Å². The van der Waals surface area contributed by atoms with Gasteiger partial charge in [-0.3, -0.25) is 9.63 Å². The van der Waals surface area contributed by atoms with E-state index >= 15 is 0 Å². The zero-order valence-electron chi connectivity index (χ0n) is 8.59. The van der Waals surface area contributed by atoms with E-state index in [9.17, 15) is 4.79 Å². The molecule has 1 aromatic rings. The average Bonchev–Trinajstić information content (AvgIpc) is 3.00. The standard InChI is InChI=1S/C12H13NO2/c1-13-12(14)11-9(7-15-13)10(11)8-5-3-2-4-6-8/h2-6,9-11H,7H2,1H3. The highest BCUT2D eigenvalue weighted by Crippen LogP contribution is 2.56. The first-order valence-electron chi connectivity index (χ1n) is 5.24. The monoisotopic (exact) mass is 203 g/mol. The molecule has 0 radical (unpaired) electrons. The van der Waals surface area contributed by atoms with Crippen LogP contribution in [0.25, 0.3) is 0 Å². The molecule has 1 heterocycles. The van der Waals surface area contributed by atoms with Gasteiger partial charge in [0.2, 0.25) is 5.91 Å². The third kappa shape index (κ3) is 1.27. The minimum atomic E-state index is 0.125. The lowest BCUT2D eigenvalue weighted by atomic mass is 10.1. The summed E-state index contributed by atoms with van der Waals surface area (Å²) in [6.45, 7) is 0.673. The van der Waals surface area contributed by atoms with Crippen LogP contribution in [0.1, 0.15) is 11.5 Å². The second-order valence-electron chi connectivity index (χ2n) is 4.26. The summed E-state index contributed by atoms with van der Waals surface area (Å²) in [5.41, 5.74) is 1.26. The highest BCUT2D eigenvalue weighted by Gasteiger charge is 2.59. The number of hydroxylamine groups is 2. The molecule has 0 aromatic heterocycles. The molecule has 15 heavy (non-hydrogen) atoms. The van der Waals surface area contributed by atoms with Crippen molar-refractivity contribution in [1.29, 1.82) is 0 Å². The molecule has 0 N–H and O–H groups in total. The number of hydrogen-bond acceptors (Lipinski definition) is 2. The molecule has 3 unspecified atom stereocenters. The van der Waals surface area contributed by atoms with Crippen molar-refractivity contribution in [1.82, 2.24) is 5.06 Å². The van der Waals surface area contributed by atoms with E-state index in [-0.39, 0.29) is 11.8 Å². The molecule has 1 aromatic carbocycles. The van der Waals surface area contributed by atoms with Gasteiger partial charge < -0.3 is 0 Å². The lowest BCUT2D eigenvalue weighted by molar-refractivity contribution is -0.191. The first-order valence-corrected chi connectivity index (χ1v) is 5.24. The first-order chi connectivity index (χ1) is 7.29. The maximum Gasteiger partial charge on any atom is 0.249 e. The number of fused-ring (bicyclic) bond motifs is 1. The molecule has 1 aliphatic carbocycles. The highest BCUT2D eigenvalue weighted by molar-refractivity contribution is 5.83. The van der Waals surface area contributed by atoms with E-state index in [0.29, 0.717) is 18.4 Å². The predicted octanol–water partition coefficient (Wildman–Crippen LogP) is 1.42. The van der Waals surface area contributed by atoms with Crippen molar-refractivity contribution in [3.63, 3.8) is 0 Å². The normalized spacial score (nSPS) is 33.8. The van der Waals surface area contributed by atoms with Gasteiger partial charge in [-0.05, 0) is 5.56 Å². The van der Waals surface area contributed by atoms with Gasteiger partial charge in [0.15, 0.2) is 0 Å². The molecule has 3 heteroatoms. The minimum absolute atomic E-state index is 0.125. The molecule has 3 rings (SSSR count). The molecular weight excluding hydrogens is 190 g/mol. The van der Waals surface area contributed by atoms with Crippen LogP contribution in [0.2, 0.25) is 0 Å². The average molecular weight is 203 g/mol. The van der Waals surface area contributed by atoms with Crippen LogP contribution in [0.4, 0.5) is 0 Å². The van der Waals surface area contributed by atoms with Crippen molar-refractivity contribution in [3.05, 3.63) is 35.9 Å². The molecule has 1 saturated carbocycles. The third-order valence-corrected chi connectivity index (χ3v) is 3.41. The quantitative estimate of drug-likeness (QED) is 0.690. The fraction of sp³-hybridized carbons (Fsp3) is 0.417. The fourth-order valence-corrected chi connectivity index (χ4v) is 2.52. The summed E-state index contributed by atoms with van der Waals surface area (Å²) >= 11 is 0. The zero-order valence-corrected chi connectivity index (χ0v) is 8.59. The van der Waals surface area contributed by atoms with E-state index in [1.807, 2.05) is 18.2 Å². The maximum atomic E-state index is 11.8. The Morgan fingerprint density at radius 1 is 1.27 bits per heavy atom. The number of carbonyl (C=O) groups is 1. The minimum Gasteiger partial charge on any atom is -0.272 e. The van der Waals surface area contributed by atoms with Gasteiger partial charge in [0.05, 0.1) is 12.5 Å². The summed E-state index contributed by atoms with van der Waals surface area (Å²) in [7, 11) is 1.69. The number of carbonyl (C=O) groups excluding carboxylic acids is 1. The fourth-order valence-electron chi connectivity index (χ4n) is 2.52. The van der Waals surface area contributed by atoms with E-state index in [2.05, 4.69) is 12.1 Å². The van der Waals surface area contributed by atoms with Crippen molar-refractivity contribution < 1.29 is 9.63 Å². The van der Waals surface area contributed by atoms with Gasteiger partial charge in [-0.25, -0.2) is 5.06 Å². The van der Waals surface area contributed by atoms with E-state index < -0.39 is 0 Å². The second-order valence-corrected chi connectivity index (χ2v) is 4.26. The van der Waals surface area contributed by atoms with Crippen LogP contribution in [0, 0.1) is 11.8 Å². The van der Waals surface area contributed by atoms with Crippen LogP contribution < -0.4 is 0 Å². The van der Waals surface area contributed by atoms with Gasteiger partial charge in [0, 0.05) is 18.9 Å². The Kier molecular flexibility index (Phi) is 1.83. The van der Waals surface area contributed by atoms with Gasteiger partial charge in [-0.2, -0.15) is 0 Å². The predicted molar refractivity (Wildman–Crippen MR) is 54.9 cm³/mol. The molecule has 3 atom stereocenters. The van der Waals surface area contributed by atoms with E-state index in [1.54, 1.807) is 7.05 Å². The molecule has 0 bridgehead atoms. The smallest absolute Gasteiger partial charge is 0.249 e. The van der Waals surface area contributed by atoms with Crippen LogP contribution >= 0.6 is 0 Å². The molecule has 3 nitrogen and oxygen atoms in total. The SMILES string of the molecule is CN1OCC2C(C1=O)C2c1ccccc1. The molecule has 1 aliphatic heterocycles. The Labute approximate surface area is 88.6 Å². The largest absolute Gasteiger partial charge is 0.272 e.